The molecule has 1 nitrogen and oxygen atoms in total. The van der Waals surface area contributed by atoms with E-state index in [1.54, 1.807) is 0 Å². The molecule has 0 aliphatic carbocycles. The fourth-order valence-electron chi connectivity index (χ4n) is 8.71. The summed E-state index contributed by atoms with van der Waals surface area (Å²) in [5.41, 5.74) is 15.4. The Morgan fingerprint density at radius 1 is 0.283 bits per heavy atom. The lowest BCUT2D eigenvalue weighted by molar-refractivity contribution is 1.30. The zero-order valence-corrected chi connectivity index (χ0v) is 33.7. The Morgan fingerprint density at radius 3 is 1.40 bits per heavy atom. The fourth-order valence-corrected chi connectivity index (χ4v) is 9.83. The van der Waals surface area contributed by atoms with Gasteiger partial charge in [0.1, 0.15) is 0 Å². The maximum absolute atomic E-state index is 2.43. The van der Waals surface area contributed by atoms with Crippen LogP contribution in [0.5, 0.6) is 0 Å². The molecule has 0 saturated heterocycles. The van der Waals surface area contributed by atoms with E-state index in [-0.39, 0.29) is 0 Å². The number of rotatable bonds is 8. The van der Waals surface area contributed by atoms with E-state index in [0.717, 1.165) is 11.4 Å². The average molecular weight is 782 g/mol. The molecule has 0 unspecified atom stereocenters. The summed E-state index contributed by atoms with van der Waals surface area (Å²) >= 11 is 1.86. The van der Waals surface area contributed by atoms with E-state index in [4.69, 9.17) is 0 Å². The Hall–Kier alpha value is -7.52. The molecule has 0 aliphatic rings. The molecule has 0 spiro atoms. The number of fused-ring (bicyclic) bond motifs is 4. The second kappa shape index (κ2) is 15.3. The molecule has 0 bridgehead atoms. The van der Waals surface area contributed by atoms with Crippen LogP contribution in [0.15, 0.2) is 237 Å². The molecule has 0 atom stereocenters. The number of thiophene rings is 1. The number of hydrogen-bond acceptors (Lipinski definition) is 2. The number of benzene rings is 10. The summed E-state index contributed by atoms with van der Waals surface area (Å²) in [6.45, 7) is 0. The quantitative estimate of drug-likeness (QED) is 0.148. The van der Waals surface area contributed by atoms with E-state index >= 15 is 0 Å². The van der Waals surface area contributed by atoms with Crippen molar-refractivity contribution in [1.82, 2.24) is 0 Å². The second-order valence-electron chi connectivity index (χ2n) is 15.3. The Bertz CT molecular complexity index is 3230. The molecular weight excluding hydrogens is 743 g/mol. The van der Waals surface area contributed by atoms with Gasteiger partial charge < -0.3 is 4.90 Å². The van der Waals surface area contributed by atoms with Gasteiger partial charge in [-0.1, -0.05) is 170 Å². The minimum atomic E-state index is 1.11. The van der Waals surface area contributed by atoms with Gasteiger partial charge >= 0.3 is 0 Å². The van der Waals surface area contributed by atoms with Crippen molar-refractivity contribution >= 4 is 59.3 Å². The normalized spacial score (nSPS) is 11.3. The van der Waals surface area contributed by atoms with E-state index in [9.17, 15) is 0 Å². The lowest BCUT2D eigenvalue weighted by Crippen LogP contribution is -2.10. The number of anilines is 3. The van der Waals surface area contributed by atoms with Crippen LogP contribution in [0.4, 0.5) is 17.1 Å². The molecule has 282 valence electrons. The van der Waals surface area contributed by atoms with E-state index in [1.165, 1.54) is 92.3 Å². The summed E-state index contributed by atoms with van der Waals surface area (Å²) in [6.07, 6.45) is 0. The third-order valence-electron chi connectivity index (χ3n) is 11.6. The fraction of sp³-hybridized carbons (Fsp3) is 0. The van der Waals surface area contributed by atoms with Gasteiger partial charge in [-0.15, -0.1) is 11.3 Å². The zero-order chi connectivity index (χ0) is 39.8. The van der Waals surface area contributed by atoms with Crippen LogP contribution >= 0.6 is 11.3 Å². The van der Waals surface area contributed by atoms with Gasteiger partial charge in [0.2, 0.25) is 0 Å². The lowest BCUT2D eigenvalue weighted by atomic mass is 9.93. The first kappa shape index (κ1) is 35.6. The van der Waals surface area contributed by atoms with Gasteiger partial charge in [0.15, 0.2) is 0 Å². The molecule has 0 amide bonds. The molecule has 1 aromatic heterocycles. The summed E-state index contributed by atoms with van der Waals surface area (Å²) < 4.78 is 2.58. The van der Waals surface area contributed by atoms with Gasteiger partial charge in [0, 0.05) is 31.5 Å². The number of hydrogen-bond donors (Lipinski definition) is 0. The number of nitrogens with zero attached hydrogens (tertiary/aromatic N) is 1. The summed E-state index contributed by atoms with van der Waals surface area (Å²) in [5.74, 6) is 0. The SMILES string of the molecule is c1ccc(-c2cc(-c3ccccc3)cc(-c3ccc(N(c4ccc(-c5cccc(-c6cccc7ccccc67)c5)cc4)c4cccc5sc6ccccc6c45)cc3)c2)cc1. The topological polar surface area (TPSA) is 3.24 Å². The Kier molecular flexibility index (Phi) is 9.11. The minimum absolute atomic E-state index is 1.11. The minimum Gasteiger partial charge on any atom is -0.310 e. The Morgan fingerprint density at radius 2 is 0.733 bits per heavy atom. The van der Waals surface area contributed by atoms with Crippen molar-refractivity contribution in [3.63, 3.8) is 0 Å². The molecular formula is C58H39NS. The molecule has 11 rings (SSSR count). The molecule has 0 fully saturated rings. The van der Waals surface area contributed by atoms with Crippen molar-refractivity contribution in [1.29, 1.82) is 0 Å². The van der Waals surface area contributed by atoms with Crippen LogP contribution in [0.1, 0.15) is 0 Å². The van der Waals surface area contributed by atoms with E-state index < -0.39 is 0 Å². The van der Waals surface area contributed by atoms with Gasteiger partial charge in [0.05, 0.1) is 5.69 Å². The third kappa shape index (κ3) is 6.63. The highest BCUT2D eigenvalue weighted by atomic mass is 32.1. The molecule has 11 aromatic rings. The van der Waals surface area contributed by atoms with Crippen molar-refractivity contribution in [3.8, 4) is 55.6 Å². The highest BCUT2D eigenvalue weighted by molar-refractivity contribution is 7.26. The van der Waals surface area contributed by atoms with Crippen molar-refractivity contribution in [2.45, 2.75) is 0 Å². The van der Waals surface area contributed by atoms with Crippen LogP contribution in [-0.2, 0) is 0 Å². The van der Waals surface area contributed by atoms with Crippen molar-refractivity contribution in [2.75, 3.05) is 4.90 Å². The highest BCUT2D eigenvalue weighted by Gasteiger charge is 2.19. The van der Waals surface area contributed by atoms with Crippen LogP contribution in [0.25, 0.3) is 86.6 Å². The smallest absolute Gasteiger partial charge is 0.0554 e. The molecule has 60 heavy (non-hydrogen) atoms. The zero-order valence-electron chi connectivity index (χ0n) is 32.9. The van der Waals surface area contributed by atoms with Gasteiger partial charge in [-0.25, -0.2) is 0 Å². The standard InChI is InChI=1S/C58H39NS/c1-3-14-40(15-4-1)47-37-48(41-16-5-2-6-17-41)39-49(38-47)43-30-34-51(35-31-43)59(55-25-13-27-57-58(55)54-23-9-10-26-56(54)60-57)50-32-28-42(29-33-50)45-20-11-21-46(36-45)53-24-12-19-44-18-7-8-22-52(44)53/h1-39H. The first-order chi connectivity index (χ1) is 29.7. The summed E-state index contributed by atoms with van der Waals surface area (Å²) in [4.78, 5) is 2.43. The van der Waals surface area contributed by atoms with Gasteiger partial charge in [-0.05, 0) is 133 Å². The maximum Gasteiger partial charge on any atom is 0.0554 e. The summed E-state index contributed by atoms with van der Waals surface area (Å²) in [6, 6.07) is 86.1. The molecule has 1 heterocycles. The molecule has 0 aliphatic heterocycles. The predicted octanol–water partition coefficient (Wildman–Crippen LogP) is 17.0. The Balaban J connectivity index is 1.01. The lowest BCUT2D eigenvalue weighted by Gasteiger charge is -2.27. The van der Waals surface area contributed by atoms with Crippen molar-refractivity contribution < 1.29 is 0 Å². The maximum atomic E-state index is 2.43. The van der Waals surface area contributed by atoms with Crippen LogP contribution < -0.4 is 4.90 Å². The van der Waals surface area contributed by atoms with Crippen molar-refractivity contribution in [3.05, 3.63) is 237 Å². The van der Waals surface area contributed by atoms with Gasteiger partial charge in [0.25, 0.3) is 0 Å². The first-order valence-corrected chi connectivity index (χ1v) is 21.3. The van der Waals surface area contributed by atoms with Crippen molar-refractivity contribution in [2.24, 2.45) is 0 Å². The molecule has 0 saturated carbocycles. The molecule has 0 N–H and O–H groups in total. The van der Waals surface area contributed by atoms with Gasteiger partial charge in [-0.2, -0.15) is 0 Å². The Labute approximate surface area is 354 Å². The van der Waals surface area contributed by atoms with E-state index in [1.807, 2.05) is 11.3 Å². The highest BCUT2D eigenvalue weighted by Crippen LogP contribution is 2.46. The monoisotopic (exact) mass is 781 g/mol. The molecule has 0 radical (unpaired) electrons. The largest absolute Gasteiger partial charge is 0.310 e. The second-order valence-corrected chi connectivity index (χ2v) is 16.4. The summed E-state index contributed by atoms with van der Waals surface area (Å²) in [5, 5.41) is 5.08. The summed E-state index contributed by atoms with van der Waals surface area (Å²) in [7, 11) is 0. The average Bonchev–Trinajstić information content (AvgIpc) is 3.72. The van der Waals surface area contributed by atoms with Crippen LogP contribution in [-0.4, -0.2) is 0 Å². The van der Waals surface area contributed by atoms with E-state index in [0.29, 0.717) is 0 Å². The third-order valence-corrected chi connectivity index (χ3v) is 12.8. The molecule has 2 heteroatoms. The van der Waals surface area contributed by atoms with Gasteiger partial charge in [-0.3, -0.25) is 0 Å². The predicted molar refractivity (Wildman–Crippen MR) is 259 cm³/mol. The molecule has 10 aromatic carbocycles. The van der Waals surface area contributed by atoms with Crippen LogP contribution in [0.2, 0.25) is 0 Å². The van der Waals surface area contributed by atoms with Crippen LogP contribution in [0, 0.1) is 0 Å². The van der Waals surface area contributed by atoms with Crippen LogP contribution in [0.3, 0.4) is 0 Å². The first-order valence-electron chi connectivity index (χ1n) is 20.5. The van der Waals surface area contributed by atoms with E-state index in [2.05, 4.69) is 241 Å².